The van der Waals surface area contributed by atoms with Gasteiger partial charge >= 0.3 is 0 Å². The molecule has 4 heteroatoms. The van der Waals surface area contributed by atoms with Crippen molar-refractivity contribution in [3.63, 3.8) is 0 Å². The summed E-state index contributed by atoms with van der Waals surface area (Å²) in [5, 5.41) is 3.42. The summed E-state index contributed by atoms with van der Waals surface area (Å²) in [4.78, 5) is 5.10. The summed E-state index contributed by atoms with van der Waals surface area (Å²) in [6, 6.07) is 8.43. The highest BCUT2D eigenvalue weighted by molar-refractivity contribution is 5.51. The van der Waals surface area contributed by atoms with E-state index in [9.17, 15) is 0 Å². The molecule has 110 valence electrons. The molecule has 2 fully saturated rings. The minimum Gasteiger partial charge on any atom is -0.497 e. The Hall–Kier alpha value is -1.26. The van der Waals surface area contributed by atoms with Gasteiger partial charge in [0.05, 0.1) is 7.11 Å². The Labute approximate surface area is 121 Å². The summed E-state index contributed by atoms with van der Waals surface area (Å²) in [6.07, 6.45) is 1.31. The molecule has 2 aliphatic rings. The van der Waals surface area contributed by atoms with Crippen LogP contribution >= 0.6 is 0 Å². The van der Waals surface area contributed by atoms with E-state index in [1.54, 1.807) is 7.11 Å². The smallest absolute Gasteiger partial charge is 0.120 e. The SMILES string of the molecule is COc1cccc(N2CCC(CN3CCNCC3)C2)c1. The molecule has 2 saturated heterocycles. The predicted octanol–water partition coefficient (Wildman–Crippen LogP) is 1.43. The molecule has 20 heavy (non-hydrogen) atoms. The number of methoxy groups -OCH3 is 1. The molecule has 0 aliphatic carbocycles. The van der Waals surface area contributed by atoms with Crippen molar-refractivity contribution >= 4 is 5.69 Å². The molecule has 0 saturated carbocycles. The molecule has 1 aromatic rings. The number of rotatable bonds is 4. The minimum absolute atomic E-state index is 0.805. The van der Waals surface area contributed by atoms with Crippen LogP contribution in [0.2, 0.25) is 0 Å². The van der Waals surface area contributed by atoms with Crippen molar-refractivity contribution in [3.8, 4) is 5.75 Å². The summed E-state index contributed by atoms with van der Waals surface area (Å²) in [5.74, 6) is 1.76. The quantitative estimate of drug-likeness (QED) is 0.899. The normalized spacial score (nSPS) is 24.1. The Morgan fingerprint density at radius 2 is 2.10 bits per heavy atom. The van der Waals surface area contributed by atoms with Gasteiger partial charge in [-0.2, -0.15) is 0 Å². The van der Waals surface area contributed by atoms with E-state index < -0.39 is 0 Å². The summed E-state index contributed by atoms with van der Waals surface area (Å²) in [5.41, 5.74) is 1.30. The van der Waals surface area contributed by atoms with Crippen LogP contribution in [0.25, 0.3) is 0 Å². The first kappa shape index (κ1) is 13.7. The maximum atomic E-state index is 5.32. The van der Waals surface area contributed by atoms with Gasteiger partial charge in [0.15, 0.2) is 0 Å². The standard InChI is InChI=1S/C16H25N3O/c1-20-16-4-2-3-15(11-16)19-8-5-14(13-19)12-18-9-6-17-7-10-18/h2-4,11,14,17H,5-10,12-13H2,1H3. The van der Waals surface area contributed by atoms with Crippen molar-refractivity contribution in [3.05, 3.63) is 24.3 Å². The van der Waals surface area contributed by atoms with Gasteiger partial charge in [0, 0.05) is 57.6 Å². The van der Waals surface area contributed by atoms with Gasteiger partial charge in [-0.25, -0.2) is 0 Å². The maximum absolute atomic E-state index is 5.32. The van der Waals surface area contributed by atoms with Gasteiger partial charge in [-0.3, -0.25) is 0 Å². The monoisotopic (exact) mass is 275 g/mol. The molecule has 0 bridgehead atoms. The lowest BCUT2D eigenvalue weighted by molar-refractivity contribution is 0.212. The first-order valence-corrected chi connectivity index (χ1v) is 7.67. The lowest BCUT2D eigenvalue weighted by atomic mass is 10.1. The molecular weight excluding hydrogens is 250 g/mol. The summed E-state index contributed by atoms with van der Waals surface area (Å²) >= 11 is 0. The molecule has 0 amide bonds. The molecule has 1 N–H and O–H groups in total. The van der Waals surface area contributed by atoms with E-state index in [4.69, 9.17) is 4.74 Å². The largest absolute Gasteiger partial charge is 0.497 e. The molecule has 1 atom stereocenters. The van der Waals surface area contributed by atoms with Crippen molar-refractivity contribution in [2.45, 2.75) is 6.42 Å². The molecule has 1 unspecified atom stereocenters. The van der Waals surface area contributed by atoms with Gasteiger partial charge in [0.25, 0.3) is 0 Å². The molecule has 3 rings (SSSR count). The number of anilines is 1. The second-order valence-electron chi connectivity index (χ2n) is 5.85. The van der Waals surface area contributed by atoms with Gasteiger partial charge in [-0.05, 0) is 24.5 Å². The third kappa shape index (κ3) is 3.25. The fourth-order valence-corrected chi connectivity index (χ4v) is 3.28. The summed E-state index contributed by atoms with van der Waals surface area (Å²) < 4.78 is 5.32. The molecular formula is C16H25N3O. The highest BCUT2D eigenvalue weighted by Crippen LogP contribution is 2.27. The third-order valence-corrected chi connectivity index (χ3v) is 4.43. The Balaban J connectivity index is 1.55. The third-order valence-electron chi connectivity index (χ3n) is 4.43. The molecule has 0 aromatic heterocycles. The average Bonchev–Trinajstić information content (AvgIpc) is 2.97. The van der Waals surface area contributed by atoms with Crippen LogP contribution in [0.5, 0.6) is 5.75 Å². The minimum atomic E-state index is 0.805. The van der Waals surface area contributed by atoms with E-state index in [-0.39, 0.29) is 0 Å². The number of nitrogens with one attached hydrogen (secondary N) is 1. The van der Waals surface area contributed by atoms with E-state index in [0.29, 0.717) is 0 Å². The van der Waals surface area contributed by atoms with Crippen LogP contribution in [-0.2, 0) is 0 Å². The van der Waals surface area contributed by atoms with Gasteiger partial charge in [0.1, 0.15) is 5.75 Å². The average molecular weight is 275 g/mol. The lowest BCUT2D eigenvalue weighted by Crippen LogP contribution is -2.45. The zero-order valence-corrected chi connectivity index (χ0v) is 12.3. The lowest BCUT2D eigenvalue weighted by Gasteiger charge is -2.29. The Morgan fingerprint density at radius 1 is 1.25 bits per heavy atom. The van der Waals surface area contributed by atoms with Gasteiger partial charge in [0.2, 0.25) is 0 Å². The van der Waals surface area contributed by atoms with Crippen LogP contribution in [0.15, 0.2) is 24.3 Å². The Morgan fingerprint density at radius 3 is 2.90 bits per heavy atom. The first-order chi connectivity index (χ1) is 9.85. The van der Waals surface area contributed by atoms with Crippen molar-refractivity contribution in [2.24, 2.45) is 5.92 Å². The van der Waals surface area contributed by atoms with E-state index in [0.717, 1.165) is 24.8 Å². The van der Waals surface area contributed by atoms with Crippen LogP contribution < -0.4 is 15.0 Å². The fourth-order valence-electron chi connectivity index (χ4n) is 3.28. The van der Waals surface area contributed by atoms with Crippen molar-refractivity contribution in [1.82, 2.24) is 10.2 Å². The second-order valence-corrected chi connectivity index (χ2v) is 5.85. The van der Waals surface area contributed by atoms with Gasteiger partial charge < -0.3 is 19.9 Å². The van der Waals surface area contributed by atoms with E-state index in [1.165, 1.54) is 44.8 Å². The molecule has 0 spiro atoms. The number of piperazine rings is 1. The van der Waals surface area contributed by atoms with Gasteiger partial charge in [-0.1, -0.05) is 6.07 Å². The van der Waals surface area contributed by atoms with Crippen molar-refractivity contribution in [2.75, 3.05) is 57.8 Å². The van der Waals surface area contributed by atoms with Crippen LogP contribution in [-0.4, -0.2) is 57.8 Å². The zero-order chi connectivity index (χ0) is 13.8. The van der Waals surface area contributed by atoms with Crippen LogP contribution in [0.3, 0.4) is 0 Å². The second kappa shape index (κ2) is 6.46. The number of hydrogen-bond donors (Lipinski definition) is 1. The molecule has 2 aliphatic heterocycles. The maximum Gasteiger partial charge on any atom is 0.120 e. The highest BCUT2D eigenvalue weighted by Gasteiger charge is 2.25. The Kier molecular flexibility index (Phi) is 4.43. The van der Waals surface area contributed by atoms with Crippen LogP contribution in [0.4, 0.5) is 5.69 Å². The van der Waals surface area contributed by atoms with Crippen LogP contribution in [0.1, 0.15) is 6.42 Å². The number of hydrogen-bond acceptors (Lipinski definition) is 4. The number of benzene rings is 1. The van der Waals surface area contributed by atoms with Gasteiger partial charge in [-0.15, -0.1) is 0 Å². The zero-order valence-electron chi connectivity index (χ0n) is 12.3. The molecule has 4 nitrogen and oxygen atoms in total. The molecule has 2 heterocycles. The highest BCUT2D eigenvalue weighted by atomic mass is 16.5. The molecule has 1 aromatic carbocycles. The Bertz CT molecular complexity index is 431. The predicted molar refractivity (Wildman–Crippen MR) is 82.6 cm³/mol. The topological polar surface area (TPSA) is 27.7 Å². The molecule has 0 radical (unpaired) electrons. The van der Waals surface area contributed by atoms with Crippen molar-refractivity contribution in [1.29, 1.82) is 0 Å². The van der Waals surface area contributed by atoms with E-state index in [2.05, 4.69) is 33.3 Å². The fraction of sp³-hybridized carbons (Fsp3) is 0.625. The summed E-state index contributed by atoms with van der Waals surface area (Å²) in [7, 11) is 1.73. The number of ether oxygens (including phenoxy) is 1. The van der Waals surface area contributed by atoms with E-state index in [1.807, 2.05) is 6.07 Å². The first-order valence-electron chi connectivity index (χ1n) is 7.67. The van der Waals surface area contributed by atoms with Crippen molar-refractivity contribution < 1.29 is 4.74 Å². The van der Waals surface area contributed by atoms with E-state index >= 15 is 0 Å². The summed E-state index contributed by atoms with van der Waals surface area (Å²) in [6.45, 7) is 8.30. The number of nitrogens with zero attached hydrogens (tertiary/aromatic N) is 2. The van der Waals surface area contributed by atoms with Crippen LogP contribution in [0, 0.1) is 5.92 Å².